The fourth-order valence-electron chi connectivity index (χ4n) is 3.04. The van der Waals surface area contributed by atoms with Crippen LogP contribution >= 0.6 is 24.0 Å². The molecule has 1 amide bonds. The van der Waals surface area contributed by atoms with Gasteiger partial charge in [-0.1, -0.05) is 35.5 Å². The van der Waals surface area contributed by atoms with Crippen LogP contribution in [0.15, 0.2) is 45.9 Å². The molecule has 28 heavy (non-hydrogen) atoms. The fourth-order valence-corrected chi connectivity index (χ4v) is 3.04. The Morgan fingerprint density at radius 3 is 2.82 bits per heavy atom. The lowest BCUT2D eigenvalue weighted by Crippen LogP contribution is -2.39. The third kappa shape index (κ3) is 6.50. The molecule has 3 rings (SSSR count). The number of aliphatic imine (C=N–C) groups is 1. The molecule has 2 N–H and O–H groups in total. The standard InChI is InChI=1S/C20H27N5O2.HI/c1-2-21-20(22-11-7-13-25-12-6-10-19(25)26)23-15-17-14-18(27-24-17)16-8-4-3-5-9-16;/h3-5,8-9,14H,2,6-7,10-13,15H2,1H3,(H2,21,22,23);1H. The monoisotopic (exact) mass is 497 g/mol. The van der Waals surface area contributed by atoms with Crippen molar-refractivity contribution in [2.45, 2.75) is 32.7 Å². The topological polar surface area (TPSA) is 82.8 Å². The molecule has 1 aromatic carbocycles. The van der Waals surface area contributed by atoms with Gasteiger partial charge in [0.2, 0.25) is 5.91 Å². The van der Waals surface area contributed by atoms with Crippen LogP contribution in [0.25, 0.3) is 11.3 Å². The molecule has 0 aliphatic carbocycles. The molecule has 7 nitrogen and oxygen atoms in total. The predicted octanol–water partition coefficient (Wildman–Crippen LogP) is 3.03. The van der Waals surface area contributed by atoms with Gasteiger partial charge >= 0.3 is 0 Å². The summed E-state index contributed by atoms with van der Waals surface area (Å²) in [7, 11) is 0. The molecule has 1 aliphatic heterocycles. The molecular formula is C20H28IN5O2. The van der Waals surface area contributed by atoms with Gasteiger partial charge in [-0.05, 0) is 19.8 Å². The van der Waals surface area contributed by atoms with E-state index in [1.165, 1.54) is 0 Å². The molecule has 1 fully saturated rings. The van der Waals surface area contributed by atoms with Gasteiger partial charge in [-0.15, -0.1) is 24.0 Å². The summed E-state index contributed by atoms with van der Waals surface area (Å²) in [5.41, 5.74) is 1.79. The first kappa shape index (κ1) is 22.2. The van der Waals surface area contributed by atoms with Gasteiger partial charge in [0.1, 0.15) is 5.69 Å². The number of amides is 1. The van der Waals surface area contributed by atoms with Gasteiger partial charge in [0, 0.05) is 44.2 Å². The van der Waals surface area contributed by atoms with Gasteiger partial charge in [0.05, 0.1) is 6.54 Å². The summed E-state index contributed by atoms with van der Waals surface area (Å²) in [6.45, 7) is 5.71. The minimum Gasteiger partial charge on any atom is -0.357 e. The molecule has 0 bridgehead atoms. The molecule has 2 heterocycles. The average molecular weight is 497 g/mol. The highest BCUT2D eigenvalue weighted by Crippen LogP contribution is 2.19. The van der Waals surface area contributed by atoms with Crippen LogP contribution in [0.4, 0.5) is 0 Å². The van der Waals surface area contributed by atoms with Crippen molar-refractivity contribution < 1.29 is 9.32 Å². The third-order valence-electron chi connectivity index (χ3n) is 4.43. The van der Waals surface area contributed by atoms with Gasteiger partial charge in [0.25, 0.3) is 0 Å². The summed E-state index contributed by atoms with van der Waals surface area (Å²) in [6.07, 6.45) is 2.58. The fraction of sp³-hybridized carbons (Fsp3) is 0.450. The number of aromatic nitrogens is 1. The van der Waals surface area contributed by atoms with Crippen molar-refractivity contribution in [2.24, 2.45) is 4.99 Å². The molecular weight excluding hydrogens is 469 g/mol. The molecule has 0 spiro atoms. The smallest absolute Gasteiger partial charge is 0.222 e. The van der Waals surface area contributed by atoms with Gasteiger partial charge in [-0.2, -0.15) is 0 Å². The second kappa shape index (κ2) is 11.7. The summed E-state index contributed by atoms with van der Waals surface area (Å²) < 4.78 is 5.41. The molecule has 1 aliphatic rings. The van der Waals surface area contributed by atoms with Gasteiger partial charge in [-0.3, -0.25) is 4.79 Å². The lowest BCUT2D eigenvalue weighted by Gasteiger charge is -2.16. The van der Waals surface area contributed by atoms with Crippen LogP contribution in [0.1, 0.15) is 31.9 Å². The molecule has 0 radical (unpaired) electrons. The molecule has 8 heteroatoms. The lowest BCUT2D eigenvalue weighted by molar-refractivity contribution is -0.127. The molecule has 1 aromatic heterocycles. The highest BCUT2D eigenvalue weighted by atomic mass is 127. The van der Waals surface area contributed by atoms with Crippen molar-refractivity contribution in [3.63, 3.8) is 0 Å². The summed E-state index contributed by atoms with van der Waals surface area (Å²) in [5, 5.41) is 10.6. The van der Waals surface area contributed by atoms with E-state index < -0.39 is 0 Å². The van der Waals surface area contributed by atoms with Crippen molar-refractivity contribution in [1.82, 2.24) is 20.7 Å². The number of likely N-dealkylation sites (tertiary alicyclic amines) is 1. The maximum absolute atomic E-state index is 11.6. The normalized spacial score (nSPS) is 14.1. The number of nitrogens with zero attached hydrogens (tertiary/aromatic N) is 3. The number of benzene rings is 1. The number of hydrogen-bond donors (Lipinski definition) is 2. The second-order valence-electron chi connectivity index (χ2n) is 6.51. The van der Waals surface area contributed by atoms with Crippen molar-refractivity contribution in [3.8, 4) is 11.3 Å². The zero-order valence-corrected chi connectivity index (χ0v) is 18.5. The number of hydrogen-bond acceptors (Lipinski definition) is 4. The number of carbonyl (C=O) groups excluding carboxylic acids is 1. The first-order valence-corrected chi connectivity index (χ1v) is 9.57. The molecule has 0 atom stereocenters. The van der Waals surface area contributed by atoms with E-state index in [1.807, 2.05) is 48.2 Å². The van der Waals surface area contributed by atoms with E-state index in [0.29, 0.717) is 13.0 Å². The number of halogens is 1. The van der Waals surface area contributed by atoms with Crippen LogP contribution in [0.5, 0.6) is 0 Å². The second-order valence-corrected chi connectivity index (χ2v) is 6.51. The maximum Gasteiger partial charge on any atom is 0.222 e. The van der Waals surface area contributed by atoms with Crippen molar-refractivity contribution in [1.29, 1.82) is 0 Å². The SMILES string of the molecule is CCNC(=NCc1cc(-c2ccccc2)on1)NCCCN1CCCC1=O.I. The van der Waals surface area contributed by atoms with E-state index in [-0.39, 0.29) is 29.9 Å². The summed E-state index contributed by atoms with van der Waals surface area (Å²) in [5.74, 6) is 1.76. The zero-order chi connectivity index (χ0) is 18.9. The highest BCUT2D eigenvalue weighted by Gasteiger charge is 2.18. The first-order valence-electron chi connectivity index (χ1n) is 9.57. The van der Waals surface area contributed by atoms with E-state index in [4.69, 9.17) is 4.52 Å². The average Bonchev–Trinajstić information content (AvgIpc) is 3.33. The Labute approximate surface area is 183 Å². The summed E-state index contributed by atoms with van der Waals surface area (Å²) in [4.78, 5) is 18.1. The molecule has 2 aromatic rings. The van der Waals surface area contributed by atoms with Crippen LogP contribution in [0.3, 0.4) is 0 Å². The minimum atomic E-state index is 0. The molecule has 1 saturated heterocycles. The summed E-state index contributed by atoms with van der Waals surface area (Å²) in [6, 6.07) is 11.8. The van der Waals surface area contributed by atoms with E-state index in [9.17, 15) is 4.79 Å². The van der Waals surface area contributed by atoms with Crippen molar-refractivity contribution in [3.05, 3.63) is 42.1 Å². The van der Waals surface area contributed by atoms with Crippen LogP contribution < -0.4 is 10.6 Å². The Balaban J connectivity index is 0.00000280. The van der Waals surface area contributed by atoms with Crippen LogP contribution in [-0.2, 0) is 11.3 Å². The zero-order valence-electron chi connectivity index (χ0n) is 16.2. The van der Waals surface area contributed by atoms with Gasteiger partial charge in [0.15, 0.2) is 11.7 Å². The van der Waals surface area contributed by atoms with Crippen LogP contribution in [-0.4, -0.2) is 48.1 Å². The van der Waals surface area contributed by atoms with Crippen LogP contribution in [0.2, 0.25) is 0 Å². The molecule has 0 unspecified atom stereocenters. The van der Waals surface area contributed by atoms with Crippen molar-refractivity contribution >= 4 is 35.8 Å². The molecule has 0 saturated carbocycles. The highest BCUT2D eigenvalue weighted by molar-refractivity contribution is 14.0. The quantitative estimate of drug-likeness (QED) is 0.254. The van der Waals surface area contributed by atoms with Gasteiger partial charge in [-0.25, -0.2) is 4.99 Å². The number of nitrogens with one attached hydrogen (secondary N) is 2. The Bertz CT molecular complexity index is 763. The summed E-state index contributed by atoms with van der Waals surface area (Å²) >= 11 is 0. The largest absolute Gasteiger partial charge is 0.357 e. The first-order chi connectivity index (χ1) is 13.3. The predicted molar refractivity (Wildman–Crippen MR) is 121 cm³/mol. The van der Waals surface area contributed by atoms with E-state index in [2.05, 4.69) is 20.8 Å². The van der Waals surface area contributed by atoms with E-state index >= 15 is 0 Å². The van der Waals surface area contributed by atoms with E-state index in [1.54, 1.807) is 0 Å². The Kier molecular flexibility index (Phi) is 9.26. The minimum absolute atomic E-state index is 0. The third-order valence-corrected chi connectivity index (χ3v) is 4.43. The van der Waals surface area contributed by atoms with Gasteiger partial charge < -0.3 is 20.1 Å². The van der Waals surface area contributed by atoms with Crippen LogP contribution in [0, 0.1) is 0 Å². The Hall–Kier alpha value is -2.10. The number of guanidine groups is 1. The van der Waals surface area contributed by atoms with E-state index in [0.717, 1.165) is 62.0 Å². The Morgan fingerprint density at radius 1 is 1.29 bits per heavy atom. The number of rotatable bonds is 8. The Morgan fingerprint density at radius 2 is 2.11 bits per heavy atom. The van der Waals surface area contributed by atoms with Crippen molar-refractivity contribution in [2.75, 3.05) is 26.2 Å². The maximum atomic E-state index is 11.6. The number of carbonyl (C=O) groups is 1. The lowest BCUT2D eigenvalue weighted by atomic mass is 10.2. The molecule has 152 valence electrons.